The fraction of sp³-hybridized carbons (Fsp3) is 0.250. The Bertz CT molecular complexity index is 655. The minimum absolute atomic E-state index is 0.143. The number of amides is 1. The number of sulfone groups is 1. The van der Waals surface area contributed by atoms with Crippen LogP contribution in [0.25, 0.3) is 0 Å². The van der Waals surface area contributed by atoms with E-state index < -0.39 is 15.9 Å². The number of carbonyl (C=O) groups is 1. The Morgan fingerprint density at radius 3 is 2.58 bits per heavy atom. The number of hydrogen-bond acceptors (Lipinski definition) is 3. The molecule has 1 aromatic carbocycles. The van der Waals surface area contributed by atoms with Crippen LogP contribution in [0.1, 0.15) is 6.92 Å². The van der Waals surface area contributed by atoms with Crippen LogP contribution in [0.3, 0.4) is 0 Å². The van der Waals surface area contributed by atoms with Gasteiger partial charge in [0.05, 0.1) is 27.5 Å². The topological polar surface area (TPSA) is 54.5 Å². The van der Waals surface area contributed by atoms with Crippen molar-refractivity contribution < 1.29 is 13.2 Å². The molecule has 19 heavy (non-hydrogen) atoms. The van der Waals surface area contributed by atoms with Gasteiger partial charge in [0.1, 0.15) is 0 Å². The minimum atomic E-state index is -3.26. The molecule has 2 rings (SSSR count). The highest BCUT2D eigenvalue weighted by Gasteiger charge is 2.31. The van der Waals surface area contributed by atoms with Crippen LogP contribution in [0.4, 0.5) is 5.69 Å². The molecule has 0 saturated heterocycles. The van der Waals surface area contributed by atoms with Gasteiger partial charge in [0, 0.05) is 12.3 Å². The quantitative estimate of drug-likeness (QED) is 0.842. The van der Waals surface area contributed by atoms with Gasteiger partial charge in [0.25, 0.3) is 0 Å². The lowest BCUT2D eigenvalue weighted by Crippen LogP contribution is -2.40. The van der Waals surface area contributed by atoms with E-state index in [0.717, 1.165) is 5.41 Å². The molecule has 4 nitrogen and oxygen atoms in total. The van der Waals surface area contributed by atoms with E-state index in [1.165, 1.54) is 17.9 Å². The van der Waals surface area contributed by atoms with E-state index in [1.807, 2.05) is 0 Å². The smallest absolute Gasteiger partial charge is 0.224 e. The average Bonchev–Trinajstić information content (AvgIpc) is 2.65. The van der Waals surface area contributed by atoms with E-state index in [4.69, 9.17) is 23.2 Å². The molecule has 1 heterocycles. The van der Waals surface area contributed by atoms with Crippen molar-refractivity contribution in [1.82, 2.24) is 0 Å². The lowest BCUT2D eigenvalue weighted by atomic mass is 10.2. The van der Waals surface area contributed by atoms with Gasteiger partial charge < -0.3 is 4.90 Å². The monoisotopic (exact) mass is 319 g/mol. The maximum Gasteiger partial charge on any atom is 0.224 e. The summed E-state index contributed by atoms with van der Waals surface area (Å²) in [5.41, 5.74) is 0.411. The van der Waals surface area contributed by atoms with Gasteiger partial charge in [-0.25, -0.2) is 8.42 Å². The summed E-state index contributed by atoms with van der Waals surface area (Å²) < 4.78 is 22.9. The number of rotatable bonds is 2. The fourth-order valence-electron chi connectivity index (χ4n) is 1.98. The molecule has 0 aliphatic carbocycles. The minimum Gasteiger partial charge on any atom is -0.303 e. The molecule has 1 aromatic rings. The largest absolute Gasteiger partial charge is 0.303 e. The normalized spacial score (nSPS) is 20.5. The van der Waals surface area contributed by atoms with Gasteiger partial charge >= 0.3 is 0 Å². The third-order valence-corrected chi connectivity index (χ3v) is 4.96. The van der Waals surface area contributed by atoms with Crippen LogP contribution in [0.2, 0.25) is 10.0 Å². The van der Waals surface area contributed by atoms with Gasteiger partial charge in [-0.15, -0.1) is 0 Å². The maximum atomic E-state index is 11.8. The molecular weight excluding hydrogens is 309 g/mol. The van der Waals surface area contributed by atoms with Crippen LogP contribution < -0.4 is 4.90 Å². The predicted octanol–water partition coefficient (Wildman–Crippen LogP) is 2.66. The Hall–Kier alpha value is -1.04. The third kappa shape index (κ3) is 2.94. The van der Waals surface area contributed by atoms with Crippen molar-refractivity contribution >= 4 is 44.6 Å². The zero-order valence-corrected chi connectivity index (χ0v) is 12.3. The highest BCUT2D eigenvalue weighted by atomic mass is 35.5. The molecule has 0 N–H and O–H groups in total. The first-order valence-electron chi connectivity index (χ1n) is 5.46. The Kier molecular flexibility index (Phi) is 3.90. The molecule has 0 spiro atoms. The van der Waals surface area contributed by atoms with Gasteiger partial charge in [0.15, 0.2) is 9.84 Å². The molecule has 7 heteroatoms. The summed E-state index contributed by atoms with van der Waals surface area (Å²) in [6, 6.07) is 4.34. The Morgan fingerprint density at radius 2 is 2.05 bits per heavy atom. The number of nitrogens with zero attached hydrogens (tertiary/aromatic N) is 1. The van der Waals surface area contributed by atoms with Crippen molar-refractivity contribution in [1.29, 1.82) is 0 Å². The summed E-state index contributed by atoms with van der Waals surface area (Å²) >= 11 is 12.0. The van der Waals surface area contributed by atoms with E-state index in [-0.39, 0.29) is 16.7 Å². The molecular formula is C12H11Cl2NO3S. The predicted molar refractivity (Wildman–Crippen MR) is 76.3 cm³/mol. The van der Waals surface area contributed by atoms with E-state index in [0.29, 0.717) is 10.7 Å². The molecule has 0 saturated carbocycles. The van der Waals surface area contributed by atoms with Crippen molar-refractivity contribution in [2.45, 2.75) is 13.0 Å². The lowest BCUT2D eigenvalue weighted by Gasteiger charge is -2.27. The van der Waals surface area contributed by atoms with Crippen molar-refractivity contribution in [3.8, 4) is 0 Å². The van der Waals surface area contributed by atoms with Crippen LogP contribution in [0, 0.1) is 0 Å². The summed E-state index contributed by atoms with van der Waals surface area (Å²) in [4.78, 5) is 13.1. The maximum absolute atomic E-state index is 11.8. The Balaban J connectivity index is 2.45. The Labute approximate surface area is 121 Å². The molecule has 1 amide bonds. The van der Waals surface area contributed by atoms with Crippen LogP contribution >= 0.6 is 23.2 Å². The molecule has 0 bridgehead atoms. The van der Waals surface area contributed by atoms with Gasteiger partial charge in [-0.2, -0.15) is 0 Å². The van der Waals surface area contributed by atoms with Crippen molar-refractivity contribution in [3.05, 3.63) is 39.7 Å². The molecule has 1 aliphatic rings. The Morgan fingerprint density at radius 1 is 1.37 bits per heavy atom. The van der Waals surface area contributed by atoms with E-state index in [2.05, 4.69) is 0 Å². The zero-order chi connectivity index (χ0) is 14.2. The molecule has 0 aromatic heterocycles. The summed E-state index contributed by atoms with van der Waals surface area (Å²) in [6.45, 7) is 1.36. The fourth-order valence-corrected chi connectivity index (χ4v) is 3.64. The summed E-state index contributed by atoms with van der Waals surface area (Å²) in [7, 11) is -3.26. The molecule has 0 radical (unpaired) electrons. The molecule has 0 fully saturated rings. The second kappa shape index (κ2) is 5.15. The number of benzene rings is 1. The highest BCUT2D eigenvalue weighted by molar-refractivity contribution is 7.94. The molecule has 1 unspecified atom stereocenters. The van der Waals surface area contributed by atoms with Crippen LogP contribution in [-0.4, -0.2) is 26.1 Å². The summed E-state index contributed by atoms with van der Waals surface area (Å²) in [5.74, 6) is -0.439. The second-order valence-corrected chi connectivity index (χ2v) is 6.90. The van der Waals surface area contributed by atoms with Crippen LogP contribution in [0.5, 0.6) is 0 Å². The molecule has 102 valence electrons. The van der Waals surface area contributed by atoms with E-state index in [1.54, 1.807) is 18.2 Å². The highest BCUT2D eigenvalue weighted by Crippen LogP contribution is 2.34. The van der Waals surface area contributed by atoms with Crippen molar-refractivity contribution in [2.24, 2.45) is 0 Å². The number of halogens is 2. The number of hydrogen-bond donors (Lipinski definition) is 0. The van der Waals surface area contributed by atoms with Gasteiger partial charge in [-0.3, -0.25) is 4.79 Å². The van der Waals surface area contributed by atoms with Gasteiger partial charge in [0.2, 0.25) is 5.91 Å². The zero-order valence-electron chi connectivity index (χ0n) is 10.0. The number of anilines is 1. The van der Waals surface area contributed by atoms with Crippen molar-refractivity contribution in [2.75, 3.05) is 10.7 Å². The first-order chi connectivity index (χ1) is 8.82. The molecule has 1 atom stereocenters. The van der Waals surface area contributed by atoms with Gasteiger partial charge in [-0.05, 0) is 18.2 Å². The third-order valence-electron chi connectivity index (χ3n) is 2.77. The standard InChI is InChI=1S/C12H11Cl2NO3S/c1-8(16)15(9-5-6-19(17,18)7-9)11-4-2-3-10(13)12(11)14/h2-6,9H,7H2,1H3. The SMILES string of the molecule is CC(=O)N(c1cccc(Cl)c1Cl)C1C=CS(=O)(=O)C1. The summed E-state index contributed by atoms with van der Waals surface area (Å²) in [5, 5.41) is 1.67. The van der Waals surface area contributed by atoms with Crippen LogP contribution in [-0.2, 0) is 14.6 Å². The van der Waals surface area contributed by atoms with Gasteiger partial charge in [-0.1, -0.05) is 29.3 Å². The number of carbonyl (C=O) groups excluding carboxylic acids is 1. The van der Waals surface area contributed by atoms with E-state index >= 15 is 0 Å². The van der Waals surface area contributed by atoms with Crippen molar-refractivity contribution in [3.63, 3.8) is 0 Å². The first kappa shape index (κ1) is 14.4. The van der Waals surface area contributed by atoms with E-state index in [9.17, 15) is 13.2 Å². The average molecular weight is 320 g/mol. The first-order valence-corrected chi connectivity index (χ1v) is 7.94. The van der Waals surface area contributed by atoms with Crippen LogP contribution in [0.15, 0.2) is 29.7 Å². The molecule has 1 aliphatic heterocycles. The lowest BCUT2D eigenvalue weighted by molar-refractivity contribution is -0.116. The summed E-state index contributed by atoms with van der Waals surface area (Å²) in [6.07, 6.45) is 1.48. The second-order valence-electron chi connectivity index (χ2n) is 4.19.